The second-order valence-corrected chi connectivity index (χ2v) is 5.47. The summed E-state index contributed by atoms with van der Waals surface area (Å²) in [5.41, 5.74) is 0.411. The molecule has 0 saturated carbocycles. The maximum atomic E-state index is 12.0. The van der Waals surface area contributed by atoms with Crippen LogP contribution in [0.15, 0.2) is 4.79 Å². The van der Waals surface area contributed by atoms with Gasteiger partial charge in [0, 0.05) is 5.41 Å². The topological polar surface area (TPSA) is 50.7 Å². The average molecular weight is 211 g/mol. The lowest BCUT2D eigenvalue weighted by Crippen LogP contribution is -2.29. The van der Waals surface area contributed by atoms with Crippen LogP contribution >= 0.6 is 0 Å². The molecule has 0 radical (unpaired) electrons. The van der Waals surface area contributed by atoms with Crippen LogP contribution in [0.25, 0.3) is 0 Å². The fourth-order valence-corrected chi connectivity index (χ4v) is 1.37. The van der Waals surface area contributed by atoms with E-state index in [-0.39, 0.29) is 17.0 Å². The molecule has 0 fully saturated rings. The lowest BCUT2D eigenvalue weighted by Gasteiger charge is -2.16. The van der Waals surface area contributed by atoms with E-state index in [0.29, 0.717) is 11.6 Å². The summed E-state index contributed by atoms with van der Waals surface area (Å²) in [6, 6.07) is 0.154. The third-order valence-electron chi connectivity index (χ3n) is 2.77. The van der Waals surface area contributed by atoms with Gasteiger partial charge in [0.15, 0.2) is 0 Å². The van der Waals surface area contributed by atoms with E-state index in [1.54, 1.807) is 4.68 Å². The smallest absolute Gasteiger partial charge is 0.266 e. The van der Waals surface area contributed by atoms with E-state index in [4.69, 9.17) is 0 Å². The van der Waals surface area contributed by atoms with E-state index < -0.39 is 0 Å². The van der Waals surface area contributed by atoms with Crippen molar-refractivity contribution >= 4 is 0 Å². The molecule has 1 N–H and O–H groups in total. The molecular weight excluding hydrogens is 190 g/mol. The SMILES string of the molecule is CC(C)C(C)n1[nH]nc(C(C)(C)C)c1=O. The minimum atomic E-state index is -0.199. The van der Waals surface area contributed by atoms with Crippen LogP contribution in [-0.2, 0) is 5.41 Å². The summed E-state index contributed by atoms with van der Waals surface area (Å²) in [6.45, 7) is 12.2. The second-order valence-electron chi connectivity index (χ2n) is 5.47. The third kappa shape index (κ3) is 2.30. The summed E-state index contributed by atoms with van der Waals surface area (Å²) in [4.78, 5) is 12.0. The maximum absolute atomic E-state index is 12.0. The molecule has 0 bridgehead atoms. The minimum Gasteiger partial charge on any atom is -0.266 e. The lowest BCUT2D eigenvalue weighted by molar-refractivity contribution is 0.360. The molecule has 4 heteroatoms. The monoisotopic (exact) mass is 211 g/mol. The Balaban J connectivity index is 3.16. The van der Waals surface area contributed by atoms with Gasteiger partial charge in [-0.1, -0.05) is 34.6 Å². The fraction of sp³-hybridized carbons (Fsp3) is 0.818. The fourth-order valence-electron chi connectivity index (χ4n) is 1.37. The Morgan fingerprint density at radius 3 is 2.13 bits per heavy atom. The zero-order valence-electron chi connectivity index (χ0n) is 10.5. The number of aromatic amines is 1. The summed E-state index contributed by atoms with van der Waals surface area (Å²) in [7, 11) is 0. The van der Waals surface area contributed by atoms with Gasteiger partial charge in [-0.15, -0.1) is 0 Å². The molecule has 1 atom stereocenters. The largest absolute Gasteiger partial charge is 0.290 e. The predicted octanol–water partition coefficient (Wildman–Crippen LogP) is 2.09. The van der Waals surface area contributed by atoms with Crippen LogP contribution in [0.1, 0.15) is 53.3 Å². The van der Waals surface area contributed by atoms with E-state index in [1.165, 1.54) is 0 Å². The molecule has 0 aliphatic rings. The highest BCUT2D eigenvalue weighted by Gasteiger charge is 2.24. The van der Waals surface area contributed by atoms with Crippen LogP contribution in [0.5, 0.6) is 0 Å². The van der Waals surface area contributed by atoms with Crippen LogP contribution in [0.2, 0.25) is 0 Å². The van der Waals surface area contributed by atoms with Crippen molar-refractivity contribution in [1.82, 2.24) is 15.0 Å². The molecule has 1 aromatic rings. The summed E-state index contributed by atoms with van der Waals surface area (Å²) in [5.74, 6) is 0.413. The number of rotatable bonds is 2. The highest BCUT2D eigenvalue weighted by atomic mass is 16.1. The van der Waals surface area contributed by atoms with E-state index in [9.17, 15) is 4.79 Å². The first-order chi connectivity index (χ1) is 6.75. The first-order valence-corrected chi connectivity index (χ1v) is 5.42. The zero-order valence-corrected chi connectivity index (χ0v) is 10.5. The first-order valence-electron chi connectivity index (χ1n) is 5.42. The standard InChI is InChI=1S/C11H21N3O/c1-7(2)8(3)14-10(15)9(12-13-14)11(4,5)6/h7-8,13H,1-6H3. The van der Waals surface area contributed by atoms with Gasteiger partial charge in [0.1, 0.15) is 5.69 Å². The van der Waals surface area contributed by atoms with Crippen molar-refractivity contribution in [2.45, 2.75) is 53.0 Å². The number of H-pyrrole nitrogens is 1. The normalized spacial score (nSPS) is 14.6. The number of nitrogens with one attached hydrogen (secondary N) is 1. The molecule has 0 aliphatic heterocycles. The van der Waals surface area contributed by atoms with Crippen LogP contribution in [0, 0.1) is 5.92 Å². The molecule has 0 spiro atoms. The van der Waals surface area contributed by atoms with Gasteiger partial charge in [0.05, 0.1) is 6.04 Å². The zero-order chi connectivity index (χ0) is 11.8. The van der Waals surface area contributed by atoms with E-state index >= 15 is 0 Å². The molecule has 86 valence electrons. The lowest BCUT2D eigenvalue weighted by atomic mass is 9.93. The van der Waals surface area contributed by atoms with Gasteiger partial charge in [-0.2, -0.15) is 5.10 Å². The van der Waals surface area contributed by atoms with Gasteiger partial charge in [0.25, 0.3) is 5.56 Å². The van der Waals surface area contributed by atoms with Gasteiger partial charge < -0.3 is 0 Å². The molecular formula is C11H21N3O. The van der Waals surface area contributed by atoms with Gasteiger partial charge in [-0.05, 0) is 12.8 Å². The van der Waals surface area contributed by atoms with Gasteiger partial charge in [-0.3, -0.25) is 4.79 Å². The Labute approximate surface area is 90.7 Å². The van der Waals surface area contributed by atoms with E-state index in [1.807, 2.05) is 27.7 Å². The minimum absolute atomic E-state index is 0.00343. The van der Waals surface area contributed by atoms with E-state index in [0.717, 1.165) is 0 Å². The van der Waals surface area contributed by atoms with Crippen molar-refractivity contribution < 1.29 is 0 Å². The van der Waals surface area contributed by atoms with Crippen molar-refractivity contribution in [1.29, 1.82) is 0 Å². The molecule has 0 saturated heterocycles. The molecule has 0 amide bonds. The number of hydrogen-bond donors (Lipinski definition) is 1. The second kappa shape index (κ2) is 3.83. The van der Waals surface area contributed by atoms with Gasteiger partial charge >= 0.3 is 0 Å². The van der Waals surface area contributed by atoms with Crippen molar-refractivity contribution in [2.75, 3.05) is 0 Å². The molecule has 1 unspecified atom stereocenters. The molecule has 0 aromatic carbocycles. The number of aromatic nitrogens is 3. The quantitative estimate of drug-likeness (QED) is 0.814. The molecule has 0 aliphatic carbocycles. The van der Waals surface area contributed by atoms with Crippen LogP contribution in [0.3, 0.4) is 0 Å². The van der Waals surface area contributed by atoms with Crippen molar-refractivity contribution in [3.05, 3.63) is 16.0 Å². The average Bonchev–Trinajstić information content (AvgIpc) is 2.44. The Morgan fingerprint density at radius 2 is 1.80 bits per heavy atom. The van der Waals surface area contributed by atoms with Crippen LogP contribution in [-0.4, -0.2) is 15.0 Å². The first kappa shape index (κ1) is 12.0. The van der Waals surface area contributed by atoms with Gasteiger partial charge in [0.2, 0.25) is 0 Å². The van der Waals surface area contributed by atoms with Crippen molar-refractivity contribution in [3.63, 3.8) is 0 Å². The summed E-state index contributed by atoms with van der Waals surface area (Å²) in [6.07, 6.45) is 0. The Hall–Kier alpha value is -1.06. The maximum Gasteiger partial charge on any atom is 0.290 e. The molecule has 4 nitrogen and oxygen atoms in total. The Bertz CT molecular complexity index is 381. The van der Waals surface area contributed by atoms with Crippen LogP contribution < -0.4 is 5.56 Å². The Kier molecular flexibility index (Phi) is 3.07. The third-order valence-corrected chi connectivity index (χ3v) is 2.77. The molecule has 1 aromatic heterocycles. The summed E-state index contributed by atoms with van der Waals surface area (Å²) >= 11 is 0. The van der Waals surface area contributed by atoms with Gasteiger partial charge in [-0.25, -0.2) is 9.90 Å². The predicted molar refractivity (Wildman–Crippen MR) is 61.1 cm³/mol. The Morgan fingerprint density at radius 1 is 1.27 bits per heavy atom. The highest BCUT2D eigenvalue weighted by Crippen LogP contribution is 2.18. The number of hydrogen-bond acceptors (Lipinski definition) is 2. The summed E-state index contributed by atoms with van der Waals surface area (Å²) in [5, 5.41) is 6.93. The number of nitrogens with zero attached hydrogens (tertiary/aromatic N) is 2. The van der Waals surface area contributed by atoms with Crippen molar-refractivity contribution in [2.24, 2.45) is 5.92 Å². The van der Waals surface area contributed by atoms with E-state index in [2.05, 4.69) is 24.2 Å². The van der Waals surface area contributed by atoms with Crippen molar-refractivity contribution in [3.8, 4) is 0 Å². The molecule has 15 heavy (non-hydrogen) atoms. The molecule has 1 rings (SSSR count). The highest BCUT2D eigenvalue weighted by molar-refractivity contribution is 5.07. The van der Waals surface area contributed by atoms with Crippen LogP contribution in [0.4, 0.5) is 0 Å². The molecule has 1 heterocycles. The summed E-state index contributed by atoms with van der Waals surface area (Å²) < 4.78 is 1.62.